The Morgan fingerprint density at radius 3 is 2.29 bits per heavy atom. The van der Waals surface area contributed by atoms with Crippen molar-refractivity contribution in [2.24, 2.45) is 0 Å². The maximum Gasteiger partial charge on any atom is 0.205 e. The lowest BCUT2D eigenvalue weighted by molar-refractivity contribution is -0.920. The standard InChI is InChI=1S/C10H18BrN2O/c1-5-13(4,6-2)7-9-10(11)8(3)12-14-9/h5-7H2,1-4H3/q+1. The number of rotatable bonds is 4. The second-order valence-corrected chi connectivity index (χ2v) is 4.71. The van der Waals surface area contributed by atoms with E-state index in [-0.39, 0.29) is 0 Å². The van der Waals surface area contributed by atoms with Crippen LogP contribution >= 0.6 is 15.9 Å². The van der Waals surface area contributed by atoms with E-state index in [0.717, 1.165) is 40.0 Å². The van der Waals surface area contributed by atoms with Crippen LogP contribution in [0.3, 0.4) is 0 Å². The molecule has 0 N–H and O–H groups in total. The topological polar surface area (TPSA) is 26.0 Å². The monoisotopic (exact) mass is 261 g/mol. The Labute approximate surface area is 93.8 Å². The quantitative estimate of drug-likeness (QED) is 0.780. The first kappa shape index (κ1) is 11.7. The van der Waals surface area contributed by atoms with Gasteiger partial charge in [0.25, 0.3) is 0 Å². The summed E-state index contributed by atoms with van der Waals surface area (Å²) in [6, 6.07) is 0. The van der Waals surface area contributed by atoms with E-state index in [1.165, 1.54) is 0 Å². The van der Waals surface area contributed by atoms with Crippen LogP contribution in [0.5, 0.6) is 0 Å². The van der Waals surface area contributed by atoms with Crippen molar-refractivity contribution in [1.29, 1.82) is 0 Å². The number of hydrogen-bond acceptors (Lipinski definition) is 2. The van der Waals surface area contributed by atoms with Gasteiger partial charge in [0, 0.05) is 0 Å². The number of aromatic nitrogens is 1. The van der Waals surface area contributed by atoms with E-state index in [2.05, 4.69) is 42.0 Å². The zero-order valence-corrected chi connectivity index (χ0v) is 10.9. The molecule has 3 nitrogen and oxygen atoms in total. The molecule has 14 heavy (non-hydrogen) atoms. The summed E-state index contributed by atoms with van der Waals surface area (Å²) in [7, 11) is 2.23. The molecule has 0 fully saturated rings. The number of quaternary nitrogens is 1. The summed E-state index contributed by atoms with van der Waals surface area (Å²) in [5.74, 6) is 0.953. The van der Waals surface area contributed by atoms with E-state index in [1.54, 1.807) is 0 Å². The molecule has 0 aromatic carbocycles. The van der Waals surface area contributed by atoms with Crippen molar-refractivity contribution in [3.05, 3.63) is 15.9 Å². The van der Waals surface area contributed by atoms with Crippen LogP contribution in [0, 0.1) is 6.92 Å². The van der Waals surface area contributed by atoms with Crippen LogP contribution < -0.4 is 0 Å². The summed E-state index contributed by atoms with van der Waals surface area (Å²) in [6.07, 6.45) is 0. The highest BCUT2D eigenvalue weighted by Crippen LogP contribution is 2.23. The van der Waals surface area contributed by atoms with Crippen LogP contribution in [-0.2, 0) is 6.54 Å². The van der Waals surface area contributed by atoms with Gasteiger partial charge in [-0.2, -0.15) is 0 Å². The Hall–Kier alpha value is -0.350. The van der Waals surface area contributed by atoms with Crippen LogP contribution in [0.1, 0.15) is 25.3 Å². The lowest BCUT2D eigenvalue weighted by Gasteiger charge is -2.30. The van der Waals surface area contributed by atoms with Gasteiger partial charge in [0.1, 0.15) is 6.54 Å². The smallest absolute Gasteiger partial charge is 0.205 e. The van der Waals surface area contributed by atoms with E-state index < -0.39 is 0 Å². The molecular formula is C10H18BrN2O+. The minimum Gasteiger partial charge on any atom is -0.354 e. The van der Waals surface area contributed by atoms with E-state index in [4.69, 9.17) is 4.52 Å². The molecule has 1 rings (SSSR count). The van der Waals surface area contributed by atoms with Crippen molar-refractivity contribution in [3.63, 3.8) is 0 Å². The normalized spacial score (nSPS) is 12.1. The van der Waals surface area contributed by atoms with Crippen LogP contribution in [0.2, 0.25) is 0 Å². The van der Waals surface area contributed by atoms with Gasteiger partial charge in [-0.25, -0.2) is 0 Å². The molecule has 80 valence electrons. The summed E-state index contributed by atoms with van der Waals surface area (Å²) in [5, 5.41) is 3.94. The summed E-state index contributed by atoms with van der Waals surface area (Å²) in [6.45, 7) is 9.43. The first-order valence-electron chi connectivity index (χ1n) is 4.96. The van der Waals surface area contributed by atoms with Gasteiger partial charge in [-0.15, -0.1) is 0 Å². The van der Waals surface area contributed by atoms with Gasteiger partial charge >= 0.3 is 0 Å². The summed E-state index contributed by atoms with van der Waals surface area (Å²) < 4.78 is 7.28. The number of aryl methyl sites for hydroxylation is 1. The average Bonchev–Trinajstić information content (AvgIpc) is 2.49. The Morgan fingerprint density at radius 2 is 1.93 bits per heavy atom. The second-order valence-electron chi connectivity index (χ2n) is 3.92. The average molecular weight is 262 g/mol. The third kappa shape index (κ3) is 2.36. The molecule has 0 spiro atoms. The van der Waals surface area contributed by atoms with Crippen molar-refractivity contribution >= 4 is 15.9 Å². The fourth-order valence-corrected chi connectivity index (χ4v) is 1.57. The van der Waals surface area contributed by atoms with E-state index >= 15 is 0 Å². The molecule has 0 aliphatic carbocycles. The zero-order valence-electron chi connectivity index (χ0n) is 9.30. The van der Waals surface area contributed by atoms with Crippen molar-refractivity contribution in [1.82, 2.24) is 5.16 Å². The molecule has 0 aliphatic rings. The molecule has 0 aliphatic heterocycles. The molecule has 1 heterocycles. The van der Waals surface area contributed by atoms with Crippen LogP contribution in [0.4, 0.5) is 0 Å². The van der Waals surface area contributed by atoms with Crippen molar-refractivity contribution in [2.45, 2.75) is 27.3 Å². The first-order chi connectivity index (χ1) is 6.52. The molecule has 1 aromatic heterocycles. The van der Waals surface area contributed by atoms with Crippen molar-refractivity contribution < 1.29 is 9.01 Å². The summed E-state index contributed by atoms with van der Waals surface area (Å²) in [5.41, 5.74) is 0.929. The molecule has 0 saturated carbocycles. The van der Waals surface area contributed by atoms with Crippen molar-refractivity contribution in [2.75, 3.05) is 20.1 Å². The molecule has 0 radical (unpaired) electrons. The minimum absolute atomic E-state index is 0.897. The van der Waals surface area contributed by atoms with E-state index in [0.29, 0.717) is 0 Å². The molecule has 0 saturated heterocycles. The van der Waals surface area contributed by atoms with Gasteiger partial charge in [0.05, 0.1) is 30.3 Å². The SMILES string of the molecule is CC[N+](C)(CC)Cc1onc(C)c1Br. The van der Waals surface area contributed by atoms with Gasteiger partial charge < -0.3 is 9.01 Å². The fraction of sp³-hybridized carbons (Fsp3) is 0.700. The number of halogens is 1. The number of hydrogen-bond donors (Lipinski definition) is 0. The van der Waals surface area contributed by atoms with Gasteiger partial charge in [0.15, 0.2) is 0 Å². The highest BCUT2D eigenvalue weighted by Gasteiger charge is 2.22. The lowest BCUT2D eigenvalue weighted by Crippen LogP contribution is -2.42. The first-order valence-corrected chi connectivity index (χ1v) is 5.76. The van der Waals surface area contributed by atoms with E-state index in [1.807, 2.05) is 6.92 Å². The largest absolute Gasteiger partial charge is 0.354 e. The van der Waals surface area contributed by atoms with E-state index in [9.17, 15) is 0 Å². The maximum absolute atomic E-state index is 5.28. The van der Waals surface area contributed by atoms with Crippen LogP contribution in [0.25, 0.3) is 0 Å². The molecule has 0 bridgehead atoms. The molecule has 0 unspecified atom stereocenters. The van der Waals surface area contributed by atoms with Gasteiger partial charge in [-0.05, 0) is 36.7 Å². The Balaban J connectivity index is 2.82. The maximum atomic E-state index is 5.28. The molecule has 4 heteroatoms. The van der Waals surface area contributed by atoms with Crippen molar-refractivity contribution in [3.8, 4) is 0 Å². The predicted molar refractivity (Wildman–Crippen MR) is 59.9 cm³/mol. The lowest BCUT2D eigenvalue weighted by atomic mass is 10.3. The molecule has 1 aromatic rings. The van der Waals surface area contributed by atoms with Gasteiger partial charge in [-0.3, -0.25) is 0 Å². The summed E-state index contributed by atoms with van der Waals surface area (Å²) >= 11 is 3.49. The summed E-state index contributed by atoms with van der Waals surface area (Å²) in [4.78, 5) is 0. The second kappa shape index (κ2) is 4.45. The highest BCUT2D eigenvalue weighted by molar-refractivity contribution is 9.10. The zero-order chi connectivity index (χ0) is 10.8. The van der Waals surface area contributed by atoms with Gasteiger partial charge in [-0.1, -0.05) is 5.16 Å². The Morgan fingerprint density at radius 1 is 1.36 bits per heavy atom. The van der Waals surface area contributed by atoms with Crippen LogP contribution in [-0.4, -0.2) is 29.8 Å². The number of nitrogens with zero attached hydrogens (tertiary/aromatic N) is 2. The third-order valence-electron chi connectivity index (χ3n) is 2.91. The predicted octanol–water partition coefficient (Wildman–Crippen LogP) is 2.73. The molecule has 0 amide bonds. The third-order valence-corrected chi connectivity index (χ3v) is 3.92. The fourth-order valence-electron chi connectivity index (χ4n) is 1.30. The van der Waals surface area contributed by atoms with Gasteiger partial charge in [0.2, 0.25) is 5.76 Å². The molecular weight excluding hydrogens is 244 g/mol. The Kier molecular flexibility index (Phi) is 3.72. The van der Waals surface area contributed by atoms with Crippen LogP contribution in [0.15, 0.2) is 9.00 Å². The molecule has 0 atom stereocenters. The highest BCUT2D eigenvalue weighted by atomic mass is 79.9. The minimum atomic E-state index is 0.897. The Bertz CT molecular complexity index is 305.